The minimum absolute atomic E-state index is 0.132. The minimum Gasteiger partial charge on any atom is -0.383 e. The van der Waals surface area contributed by atoms with Crippen LogP contribution < -0.4 is 11.1 Å². The molecule has 0 aliphatic rings. The molecule has 1 rings (SSSR count). The number of nitrogens with two attached hydrogens (primary N) is 1. The van der Waals surface area contributed by atoms with Gasteiger partial charge in [-0.15, -0.1) is 0 Å². The van der Waals surface area contributed by atoms with Crippen molar-refractivity contribution in [1.82, 2.24) is 0 Å². The van der Waals surface area contributed by atoms with Crippen molar-refractivity contribution in [2.24, 2.45) is 5.73 Å². The number of sulfone groups is 1. The summed E-state index contributed by atoms with van der Waals surface area (Å²) in [4.78, 5) is 0.380. The van der Waals surface area contributed by atoms with E-state index in [1.807, 2.05) is 12.1 Å². The molecule has 1 aromatic rings. The van der Waals surface area contributed by atoms with E-state index in [1.54, 1.807) is 19.1 Å². The van der Waals surface area contributed by atoms with E-state index in [9.17, 15) is 8.42 Å². The van der Waals surface area contributed by atoms with Crippen LogP contribution in [0.2, 0.25) is 0 Å². The van der Waals surface area contributed by atoms with Gasteiger partial charge in [0.15, 0.2) is 9.84 Å². The quantitative estimate of drug-likeness (QED) is 0.795. The molecule has 0 bridgehead atoms. The number of rotatable bonds is 7. The van der Waals surface area contributed by atoms with E-state index in [1.165, 1.54) is 0 Å². The van der Waals surface area contributed by atoms with Gasteiger partial charge in [0.1, 0.15) is 0 Å². The van der Waals surface area contributed by atoms with Crippen molar-refractivity contribution >= 4 is 15.5 Å². The zero-order valence-corrected chi connectivity index (χ0v) is 11.8. The maximum absolute atomic E-state index is 11.6. The topological polar surface area (TPSA) is 72.2 Å². The number of anilines is 1. The first kappa shape index (κ1) is 15.0. The van der Waals surface area contributed by atoms with E-state index in [0.717, 1.165) is 18.5 Å². The zero-order valence-electron chi connectivity index (χ0n) is 11.0. The smallest absolute Gasteiger partial charge is 0.178 e. The lowest BCUT2D eigenvalue weighted by molar-refractivity contribution is 0.597. The van der Waals surface area contributed by atoms with Crippen LogP contribution in [-0.4, -0.2) is 26.8 Å². The predicted octanol–water partition coefficient (Wildman–Crippen LogP) is 2.02. The van der Waals surface area contributed by atoms with Crippen LogP contribution in [0.3, 0.4) is 0 Å². The second-order valence-corrected chi connectivity index (χ2v) is 6.68. The largest absolute Gasteiger partial charge is 0.383 e. The summed E-state index contributed by atoms with van der Waals surface area (Å²) in [6, 6.07) is 7.25. The number of hydrogen-bond donors (Lipinski definition) is 2. The summed E-state index contributed by atoms with van der Waals surface area (Å²) < 4.78 is 23.3. The van der Waals surface area contributed by atoms with Gasteiger partial charge in [-0.2, -0.15) is 0 Å². The summed E-state index contributed by atoms with van der Waals surface area (Å²) in [6.45, 7) is 4.43. The molecule has 0 aromatic heterocycles. The normalized spacial score (nSPS) is 13.3. The first-order chi connectivity index (χ1) is 8.49. The van der Waals surface area contributed by atoms with Crippen LogP contribution in [0.1, 0.15) is 26.7 Å². The Labute approximate surface area is 110 Å². The fourth-order valence-corrected chi connectivity index (χ4v) is 2.59. The Bertz CT molecular complexity index is 454. The highest BCUT2D eigenvalue weighted by Gasteiger charge is 2.11. The monoisotopic (exact) mass is 270 g/mol. The van der Waals surface area contributed by atoms with Crippen molar-refractivity contribution in [2.45, 2.75) is 37.6 Å². The molecule has 0 aliphatic heterocycles. The predicted molar refractivity (Wildman–Crippen MR) is 75.5 cm³/mol. The van der Waals surface area contributed by atoms with Gasteiger partial charge in [-0.3, -0.25) is 0 Å². The fourth-order valence-electron chi connectivity index (χ4n) is 1.71. The molecule has 18 heavy (non-hydrogen) atoms. The third kappa shape index (κ3) is 4.31. The molecular formula is C13H22N2O2S. The van der Waals surface area contributed by atoms with Crippen molar-refractivity contribution < 1.29 is 8.42 Å². The van der Waals surface area contributed by atoms with Crippen LogP contribution in [0, 0.1) is 0 Å². The van der Waals surface area contributed by atoms with Gasteiger partial charge in [-0.1, -0.05) is 6.92 Å². The molecule has 5 heteroatoms. The Morgan fingerprint density at radius 2 is 1.89 bits per heavy atom. The van der Waals surface area contributed by atoms with Gasteiger partial charge in [0.2, 0.25) is 0 Å². The molecule has 0 saturated heterocycles. The summed E-state index contributed by atoms with van der Waals surface area (Å²) in [6.07, 6.45) is 1.99. The van der Waals surface area contributed by atoms with Gasteiger partial charge in [-0.25, -0.2) is 8.42 Å². The molecule has 0 aliphatic carbocycles. The molecule has 1 unspecified atom stereocenters. The van der Waals surface area contributed by atoms with E-state index in [0.29, 0.717) is 17.5 Å². The van der Waals surface area contributed by atoms with Crippen LogP contribution in [-0.2, 0) is 9.84 Å². The number of hydrogen-bond acceptors (Lipinski definition) is 4. The highest BCUT2D eigenvalue weighted by molar-refractivity contribution is 7.91. The maximum Gasteiger partial charge on any atom is 0.178 e. The van der Waals surface area contributed by atoms with E-state index < -0.39 is 9.84 Å². The number of benzene rings is 1. The molecule has 0 saturated carbocycles. The Morgan fingerprint density at radius 1 is 1.28 bits per heavy atom. The molecule has 0 spiro atoms. The Kier molecular flexibility index (Phi) is 5.62. The number of nitrogens with one attached hydrogen (secondary N) is 1. The average molecular weight is 270 g/mol. The Hall–Kier alpha value is -1.07. The Morgan fingerprint density at radius 3 is 2.39 bits per heavy atom. The lowest BCUT2D eigenvalue weighted by Crippen LogP contribution is -2.16. The molecular weight excluding hydrogens is 248 g/mol. The van der Waals surface area contributed by atoms with Crippen LogP contribution in [0.25, 0.3) is 0 Å². The van der Waals surface area contributed by atoms with E-state index >= 15 is 0 Å². The maximum atomic E-state index is 11.6. The molecule has 3 N–H and O–H groups in total. The lowest BCUT2D eigenvalue weighted by Gasteiger charge is -2.15. The molecule has 0 fully saturated rings. The second-order valence-electron chi connectivity index (χ2n) is 4.40. The SMILES string of the molecule is CCS(=O)(=O)c1ccc(NC(C)CCCN)cc1. The molecule has 1 aromatic carbocycles. The van der Waals surface area contributed by atoms with Gasteiger partial charge < -0.3 is 11.1 Å². The van der Waals surface area contributed by atoms with Crippen LogP contribution in [0.15, 0.2) is 29.2 Å². The van der Waals surface area contributed by atoms with Crippen molar-refractivity contribution in [2.75, 3.05) is 17.6 Å². The fraction of sp³-hybridized carbons (Fsp3) is 0.538. The van der Waals surface area contributed by atoms with E-state index in [-0.39, 0.29) is 5.75 Å². The van der Waals surface area contributed by atoms with Gasteiger partial charge in [0.25, 0.3) is 0 Å². The molecule has 4 nitrogen and oxygen atoms in total. The van der Waals surface area contributed by atoms with Gasteiger partial charge in [0.05, 0.1) is 10.6 Å². The highest BCUT2D eigenvalue weighted by Crippen LogP contribution is 2.16. The summed E-state index contributed by atoms with van der Waals surface area (Å²) >= 11 is 0. The molecule has 0 amide bonds. The molecule has 1 atom stereocenters. The zero-order chi connectivity index (χ0) is 13.6. The lowest BCUT2D eigenvalue weighted by atomic mass is 10.1. The van der Waals surface area contributed by atoms with Crippen molar-refractivity contribution in [3.8, 4) is 0 Å². The summed E-state index contributed by atoms with van der Waals surface area (Å²) in [5, 5.41) is 3.32. The van der Waals surface area contributed by atoms with E-state index in [2.05, 4.69) is 12.2 Å². The average Bonchev–Trinajstić information content (AvgIpc) is 2.37. The van der Waals surface area contributed by atoms with Crippen molar-refractivity contribution in [3.05, 3.63) is 24.3 Å². The summed E-state index contributed by atoms with van der Waals surface area (Å²) in [5.41, 5.74) is 6.40. The third-order valence-corrected chi connectivity index (χ3v) is 4.60. The molecule has 102 valence electrons. The van der Waals surface area contributed by atoms with Crippen molar-refractivity contribution in [1.29, 1.82) is 0 Å². The minimum atomic E-state index is -3.10. The van der Waals surface area contributed by atoms with Crippen molar-refractivity contribution in [3.63, 3.8) is 0 Å². The summed E-state index contributed by atoms with van der Waals surface area (Å²) in [5.74, 6) is 0.132. The van der Waals surface area contributed by atoms with Gasteiger partial charge in [0, 0.05) is 11.7 Å². The van der Waals surface area contributed by atoms with Gasteiger partial charge in [-0.05, 0) is 50.6 Å². The molecule has 0 radical (unpaired) electrons. The van der Waals surface area contributed by atoms with Crippen LogP contribution in [0.5, 0.6) is 0 Å². The standard InChI is InChI=1S/C13H22N2O2S/c1-3-18(16,17)13-8-6-12(7-9-13)15-11(2)5-4-10-14/h6-9,11,15H,3-5,10,14H2,1-2H3. The molecule has 0 heterocycles. The van der Waals surface area contributed by atoms with E-state index in [4.69, 9.17) is 5.73 Å². The first-order valence-corrected chi connectivity index (χ1v) is 7.94. The second kappa shape index (κ2) is 6.75. The first-order valence-electron chi connectivity index (χ1n) is 6.29. The van der Waals surface area contributed by atoms with Crippen LogP contribution in [0.4, 0.5) is 5.69 Å². The summed E-state index contributed by atoms with van der Waals surface area (Å²) in [7, 11) is -3.10. The Balaban J connectivity index is 2.66. The van der Waals surface area contributed by atoms with Gasteiger partial charge >= 0.3 is 0 Å². The van der Waals surface area contributed by atoms with Crippen LogP contribution >= 0.6 is 0 Å². The third-order valence-electron chi connectivity index (χ3n) is 2.85. The highest BCUT2D eigenvalue weighted by atomic mass is 32.2.